The molecule has 0 bridgehead atoms. The molecule has 1 aromatic carbocycles. The first-order chi connectivity index (χ1) is 26.6. The lowest BCUT2D eigenvalue weighted by Crippen LogP contribution is -2.67. The van der Waals surface area contributed by atoms with E-state index in [-0.39, 0.29) is 10.8 Å². The number of aliphatic hydroxyl groups is 13. The van der Waals surface area contributed by atoms with Gasteiger partial charge in [-0.1, -0.05) is 11.6 Å². The molecule has 0 spiro atoms. The van der Waals surface area contributed by atoms with Crippen LogP contribution in [0, 0.1) is 0 Å². The summed E-state index contributed by atoms with van der Waals surface area (Å²) in [5.74, 6) is 0.145. The van der Waals surface area contributed by atoms with Crippen LogP contribution in [-0.4, -0.2) is 221 Å². The van der Waals surface area contributed by atoms with E-state index >= 15 is 0 Å². The second-order valence-electron chi connectivity index (χ2n) is 13.7. The third kappa shape index (κ3) is 8.44. The number of benzene rings is 1. The minimum Gasteiger partial charge on any atom is -0.460 e. The zero-order valence-corrected chi connectivity index (χ0v) is 31.3. The number of fused-ring (bicyclic) bond motifs is 1. The van der Waals surface area contributed by atoms with E-state index in [4.69, 9.17) is 49.5 Å². The van der Waals surface area contributed by atoms with Gasteiger partial charge in [0.2, 0.25) is 6.29 Å². The third-order valence-electron chi connectivity index (χ3n) is 10.1. The molecule has 0 aliphatic carbocycles. The quantitative estimate of drug-likeness (QED) is 0.0944. The lowest BCUT2D eigenvalue weighted by molar-refractivity contribution is -0.387. The van der Waals surface area contributed by atoms with Crippen LogP contribution in [0.5, 0.6) is 5.75 Å². The standard InChI is InChI=1S/C32H45BrClNO21/c33-8-1-2-9-15(16(8)34)10(3-35-9)49-29-23(46)19(42)26(12(5-37)51-29)55-31-25(48)21(44)28(14(7-39)53-31)56-32-24(47)20(43)27(13(6-38)52-32)54-30-22(45)18(41)17(40)11(4-36)50-30/h1-3,11-14,17-32,35-48H,4-7H2/t11-,12-,13-,14-,17-,18+,19-,20-,21-,22-,23-,24-,25-,26-,27-,28-,29-,30+,31+,32+/m1/s1. The number of H-pyrrole nitrogens is 1. The van der Waals surface area contributed by atoms with Crippen molar-refractivity contribution < 1.29 is 104 Å². The Kier molecular flexibility index (Phi) is 14.5. The van der Waals surface area contributed by atoms with Crippen LogP contribution in [-0.2, 0) is 33.2 Å². The van der Waals surface area contributed by atoms with Gasteiger partial charge in [0.05, 0.1) is 42.4 Å². The second kappa shape index (κ2) is 18.4. The minimum atomic E-state index is -2.04. The summed E-state index contributed by atoms with van der Waals surface area (Å²) in [6, 6.07) is 3.41. The summed E-state index contributed by atoms with van der Waals surface area (Å²) in [5, 5.41) is 137. The van der Waals surface area contributed by atoms with Crippen molar-refractivity contribution in [2.24, 2.45) is 0 Å². The molecular weight excluding hydrogens is 850 g/mol. The molecule has 0 amide bonds. The van der Waals surface area contributed by atoms with Gasteiger partial charge in [0.25, 0.3) is 0 Å². The van der Waals surface area contributed by atoms with Crippen LogP contribution < -0.4 is 4.74 Å². The monoisotopic (exact) mass is 893 g/mol. The second-order valence-corrected chi connectivity index (χ2v) is 14.9. The number of rotatable bonds is 12. The Morgan fingerprint density at radius 1 is 0.536 bits per heavy atom. The van der Waals surface area contributed by atoms with E-state index < -0.39 is 149 Å². The van der Waals surface area contributed by atoms with Gasteiger partial charge in [-0.2, -0.15) is 0 Å². The highest BCUT2D eigenvalue weighted by Gasteiger charge is 2.55. The lowest BCUT2D eigenvalue weighted by atomic mass is 9.95. The predicted molar refractivity (Wildman–Crippen MR) is 183 cm³/mol. The summed E-state index contributed by atoms with van der Waals surface area (Å²) >= 11 is 9.75. The fourth-order valence-electron chi connectivity index (χ4n) is 6.97. The van der Waals surface area contributed by atoms with Crippen LogP contribution >= 0.6 is 27.5 Å². The first-order valence-corrected chi connectivity index (χ1v) is 18.6. The summed E-state index contributed by atoms with van der Waals surface area (Å²) in [6.45, 7) is -3.41. The Morgan fingerprint density at radius 2 is 0.929 bits per heavy atom. The van der Waals surface area contributed by atoms with E-state index in [0.717, 1.165) is 0 Å². The first-order valence-electron chi connectivity index (χ1n) is 17.4. The maximum atomic E-state index is 11.1. The molecule has 5 heterocycles. The molecule has 0 radical (unpaired) electrons. The molecule has 4 aliphatic heterocycles. The fraction of sp³-hybridized carbons (Fsp3) is 0.750. The van der Waals surface area contributed by atoms with E-state index in [9.17, 15) is 66.4 Å². The number of nitrogens with one attached hydrogen (secondary N) is 1. The summed E-state index contributed by atoms with van der Waals surface area (Å²) < 4.78 is 45.5. The Hall–Kier alpha value is -1.47. The molecule has 24 heteroatoms. The summed E-state index contributed by atoms with van der Waals surface area (Å²) in [4.78, 5) is 2.95. The molecule has 0 unspecified atom stereocenters. The van der Waals surface area contributed by atoms with Gasteiger partial charge in [0.15, 0.2) is 18.9 Å². The van der Waals surface area contributed by atoms with Gasteiger partial charge >= 0.3 is 0 Å². The number of aromatic nitrogens is 1. The Morgan fingerprint density at radius 3 is 1.38 bits per heavy atom. The Bertz CT molecular complexity index is 1590. The number of hydrogen-bond donors (Lipinski definition) is 14. The smallest absolute Gasteiger partial charge is 0.229 e. The van der Waals surface area contributed by atoms with Gasteiger partial charge in [0.1, 0.15) is 103 Å². The molecule has 20 atom stereocenters. The van der Waals surface area contributed by atoms with Gasteiger partial charge in [-0.3, -0.25) is 0 Å². The zero-order valence-electron chi connectivity index (χ0n) is 28.9. The van der Waals surface area contributed by atoms with E-state index in [0.29, 0.717) is 15.4 Å². The maximum absolute atomic E-state index is 11.1. The minimum absolute atomic E-state index is 0.145. The van der Waals surface area contributed by atoms with E-state index in [1.54, 1.807) is 12.1 Å². The molecule has 2 aromatic rings. The number of aliphatic hydroxyl groups excluding tert-OH is 13. The zero-order chi connectivity index (χ0) is 40.7. The molecule has 6 rings (SSSR count). The van der Waals surface area contributed by atoms with Gasteiger partial charge in [-0.15, -0.1) is 0 Å². The van der Waals surface area contributed by atoms with Crippen molar-refractivity contribution in [3.63, 3.8) is 0 Å². The van der Waals surface area contributed by atoms with Crippen molar-refractivity contribution >= 4 is 38.4 Å². The average molecular weight is 895 g/mol. The molecule has 4 aliphatic rings. The van der Waals surface area contributed by atoms with Gasteiger partial charge in [0, 0.05) is 10.7 Å². The van der Waals surface area contributed by atoms with Crippen molar-refractivity contribution in [3.05, 3.63) is 27.8 Å². The first kappa shape index (κ1) is 44.1. The highest BCUT2D eigenvalue weighted by Crippen LogP contribution is 2.39. The topological polar surface area (TPSA) is 353 Å². The SMILES string of the molecule is OC[C@H]1O[C@@H](O[C@H]2[C@H](O)[C@@H](O)[C@H](O[C@H]3[C@H](O)[C@@H](O)[C@H](O[C@H]4[C@H](O)[C@@H](O)[C@H](Oc5c[nH]c6ccc(Br)c(Cl)c56)O[C@@H]4CO)O[C@@H]3CO)O[C@@H]2CO)[C@H](O)[C@@H](O)[C@@H]1O. The predicted octanol–water partition coefficient (Wildman–Crippen LogP) is -5.76. The summed E-state index contributed by atoms with van der Waals surface area (Å²) in [6.07, 6.45) is -33.8. The van der Waals surface area contributed by atoms with E-state index in [2.05, 4.69) is 20.9 Å². The largest absolute Gasteiger partial charge is 0.460 e. The Labute approximate surface area is 329 Å². The van der Waals surface area contributed by atoms with Crippen LogP contribution in [0.2, 0.25) is 5.02 Å². The van der Waals surface area contributed by atoms with E-state index in [1.807, 2.05) is 0 Å². The number of halogens is 2. The Balaban J connectivity index is 1.10. The van der Waals surface area contributed by atoms with Crippen molar-refractivity contribution in [2.45, 2.75) is 123 Å². The molecule has 0 saturated carbocycles. The molecular formula is C32H45BrClNO21. The van der Waals surface area contributed by atoms with Gasteiger partial charge in [-0.05, 0) is 28.1 Å². The van der Waals surface area contributed by atoms with Crippen LogP contribution in [0.1, 0.15) is 0 Å². The summed E-state index contributed by atoms with van der Waals surface area (Å²) in [5.41, 5.74) is 0.584. The van der Waals surface area contributed by atoms with E-state index in [1.165, 1.54) is 6.20 Å². The van der Waals surface area contributed by atoms with Crippen LogP contribution in [0.3, 0.4) is 0 Å². The van der Waals surface area contributed by atoms with Crippen LogP contribution in [0.15, 0.2) is 22.8 Å². The number of hydrogen-bond acceptors (Lipinski definition) is 21. The normalized spacial score (nSPS) is 44.9. The van der Waals surface area contributed by atoms with Crippen LogP contribution in [0.25, 0.3) is 10.9 Å². The molecule has 22 nitrogen and oxygen atoms in total. The molecule has 4 fully saturated rings. The van der Waals surface area contributed by atoms with Gasteiger partial charge < -0.3 is 109 Å². The maximum Gasteiger partial charge on any atom is 0.229 e. The fourth-order valence-corrected chi connectivity index (χ4v) is 7.56. The highest BCUT2D eigenvalue weighted by atomic mass is 79.9. The summed E-state index contributed by atoms with van der Waals surface area (Å²) in [7, 11) is 0. The number of aromatic amines is 1. The number of ether oxygens (including phenoxy) is 8. The third-order valence-corrected chi connectivity index (χ3v) is 11.4. The van der Waals surface area contributed by atoms with Crippen molar-refractivity contribution in [3.8, 4) is 5.75 Å². The lowest BCUT2D eigenvalue weighted by Gasteiger charge is -2.49. The van der Waals surface area contributed by atoms with Crippen LogP contribution in [0.4, 0.5) is 0 Å². The molecule has 318 valence electrons. The molecule has 4 saturated heterocycles. The average Bonchev–Trinajstić information content (AvgIpc) is 3.61. The molecule has 1 aromatic heterocycles. The van der Waals surface area contributed by atoms with Crippen molar-refractivity contribution in [1.82, 2.24) is 4.98 Å². The molecule has 14 N–H and O–H groups in total. The van der Waals surface area contributed by atoms with Crippen molar-refractivity contribution in [1.29, 1.82) is 0 Å². The van der Waals surface area contributed by atoms with Gasteiger partial charge in [-0.25, -0.2) is 0 Å². The van der Waals surface area contributed by atoms with Crippen molar-refractivity contribution in [2.75, 3.05) is 26.4 Å². The highest BCUT2D eigenvalue weighted by molar-refractivity contribution is 9.10. The molecule has 56 heavy (non-hydrogen) atoms.